The van der Waals surface area contributed by atoms with Crippen LogP contribution in [0.1, 0.15) is 0 Å². The third-order valence-corrected chi connectivity index (χ3v) is 7.66. The van der Waals surface area contributed by atoms with Crippen LogP contribution in [0.3, 0.4) is 0 Å². The summed E-state index contributed by atoms with van der Waals surface area (Å²) in [5, 5.41) is 7.48. The molecule has 37 heavy (non-hydrogen) atoms. The van der Waals surface area contributed by atoms with Crippen LogP contribution in [0.15, 0.2) is 133 Å². The maximum atomic E-state index is 6.38. The number of fused-ring (bicyclic) bond motifs is 5. The molecule has 1 aliphatic rings. The lowest BCUT2D eigenvalue weighted by molar-refractivity contribution is 0.487. The Morgan fingerprint density at radius 2 is 1.03 bits per heavy atom. The fourth-order valence-corrected chi connectivity index (χ4v) is 6.05. The molecule has 1 aliphatic heterocycles. The second kappa shape index (κ2) is 7.81. The Morgan fingerprint density at radius 3 is 1.92 bits per heavy atom. The monoisotopic (exact) mass is 470 g/mol. The van der Waals surface area contributed by atoms with Crippen LogP contribution in [0.2, 0.25) is 0 Å². The molecule has 0 aromatic heterocycles. The molecule has 1 nitrogen and oxygen atoms in total. The first kappa shape index (κ1) is 20.3. The van der Waals surface area contributed by atoms with E-state index in [0.717, 1.165) is 17.1 Å². The number of ether oxygens (including phenoxy) is 1. The normalized spacial score (nSPS) is 12.0. The van der Waals surface area contributed by atoms with Crippen molar-refractivity contribution in [3.63, 3.8) is 0 Å². The van der Waals surface area contributed by atoms with E-state index in [2.05, 4.69) is 121 Å². The van der Waals surface area contributed by atoms with Crippen molar-refractivity contribution in [1.29, 1.82) is 0 Å². The summed E-state index contributed by atoms with van der Waals surface area (Å²) >= 11 is 0. The number of rotatable bonds is 2. The summed E-state index contributed by atoms with van der Waals surface area (Å²) in [6.07, 6.45) is 0. The molecular weight excluding hydrogens is 448 g/mol. The lowest BCUT2D eigenvalue weighted by Crippen LogP contribution is -1.98. The predicted molar refractivity (Wildman–Crippen MR) is 155 cm³/mol. The van der Waals surface area contributed by atoms with E-state index in [9.17, 15) is 0 Å². The Morgan fingerprint density at radius 1 is 0.351 bits per heavy atom. The SMILES string of the molecule is c1ccc(-c2cc3ccccc3c3cccc(-c4ccc5c6c(cccc46)-c4ccccc4O5)c23)cc1. The standard InChI is InChI=1S/C36H22O/c1-2-10-23(11-3-1)32-22-24-12-4-5-13-25(24)28-15-8-16-29(35(28)32)26-20-21-34-36-30(26)17-9-18-31(36)27-14-6-7-19-33(27)37-34/h1-22H. The van der Waals surface area contributed by atoms with Crippen LogP contribution in [0, 0.1) is 0 Å². The predicted octanol–water partition coefficient (Wildman–Crippen LogP) is 10.3. The van der Waals surface area contributed by atoms with Gasteiger partial charge in [-0.2, -0.15) is 0 Å². The van der Waals surface area contributed by atoms with Crippen molar-refractivity contribution in [2.45, 2.75) is 0 Å². The molecular formula is C36H22O. The molecule has 0 amide bonds. The van der Waals surface area contributed by atoms with Gasteiger partial charge in [0.25, 0.3) is 0 Å². The van der Waals surface area contributed by atoms with Gasteiger partial charge in [-0.25, -0.2) is 0 Å². The lowest BCUT2D eigenvalue weighted by atomic mass is 9.85. The summed E-state index contributed by atoms with van der Waals surface area (Å²) in [4.78, 5) is 0. The first-order valence-corrected chi connectivity index (χ1v) is 12.7. The van der Waals surface area contributed by atoms with Crippen molar-refractivity contribution in [3.8, 4) is 44.9 Å². The van der Waals surface area contributed by atoms with E-state index in [1.807, 2.05) is 12.1 Å². The molecule has 0 unspecified atom stereocenters. The van der Waals surface area contributed by atoms with Crippen molar-refractivity contribution < 1.29 is 4.74 Å². The molecule has 8 rings (SSSR count). The quantitative estimate of drug-likeness (QED) is 0.228. The maximum absolute atomic E-state index is 6.38. The Bertz CT molecular complexity index is 2000. The summed E-state index contributed by atoms with van der Waals surface area (Å²) in [5.41, 5.74) is 7.32. The average Bonchev–Trinajstić information content (AvgIpc) is 2.97. The van der Waals surface area contributed by atoms with Gasteiger partial charge in [0, 0.05) is 10.9 Å². The summed E-state index contributed by atoms with van der Waals surface area (Å²) in [6.45, 7) is 0. The molecule has 0 radical (unpaired) electrons. The third-order valence-electron chi connectivity index (χ3n) is 7.66. The molecule has 7 aromatic carbocycles. The van der Waals surface area contributed by atoms with Gasteiger partial charge in [0.2, 0.25) is 0 Å². The highest BCUT2D eigenvalue weighted by Crippen LogP contribution is 2.50. The summed E-state index contributed by atoms with van der Waals surface area (Å²) in [7, 11) is 0. The molecule has 1 heteroatoms. The van der Waals surface area contributed by atoms with E-state index >= 15 is 0 Å². The molecule has 172 valence electrons. The molecule has 0 aliphatic carbocycles. The molecule has 0 N–H and O–H groups in total. The topological polar surface area (TPSA) is 9.23 Å². The number of hydrogen-bond acceptors (Lipinski definition) is 1. The molecule has 0 fully saturated rings. The number of hydrogen-bond donors (Lipinski definition) is 0. The smallest absolute Gasteiger partial charge is 0.135 e. The first-order chi connectivity index (χ1) is 18.4. The molecule has 0 saturated carbocycles. The van der Waals surface area contributed by atoms with Crippen molar-refractivity contribution in [2.24, 2.45) is 0 Å². The van der Waals surface area contributed by atoms with E-state index in [1.165, 1.54) is 60.1 Å². The van der Waals surface area contributed by atoms with Gasteiger partial charge in [0.05, 0.1) is 0 Å². The molecule has 0 bridgehead atoms. The van der Waals surface area contributed by atoms with E-state index in [1.54, 1.807) is 0 Å². The number of benzene rings is 7. The van der Waals surface area contributed by atoms with E-state index < -0.39 is 0 Å². The van der Waals surface area contributed by atoms with Crippen molar-refractivity contribution >= 4 is 32.3 Å². The Hall–Kier alpha value is -4.88. The van der Waals surface area contributed by atoms with Gasteiger partial charge in [0.1, 0.15) is 11.5 Å². The van der Waals surface area contributed by atoms with Crippen LogP contribution >= 0.6 is 0 Å². The Balaban J connectivity index is 1.50. The van der Waals surface area contributed by atoms with E-state index in [4.69, 9.17) is 4.74 Å². The van der Waals surface area contributed by atoms with E-state index in [0.29, 0.717) is 0 Å². The molecule has 1 heterocycles. The van der Waals surface area contributed by atoms with Crippen LogP contribution in [0.25, 0.3) is 65.7 Å². The van der Waals surface area contributed by atoms with Gasteiger partial charge >= 0.3 is 0 Å². The minimum absolute atomic E-state index is 0.915. The lowest BCUT2D eigenvalue weighted by Gasteiger charge is -2.23. The van der Waals surface area contributed by atoms with Gasteiger partial charge in [-0.05, 0) is 72.9 Å². The highest BCUT2D eigenvalue weighted by Gasteiger charge is 2.22. The van der Waals surface area contributed by atoms with Gasteiger partial charge in [0.15, 0.2) is 0 Å². The number of para-hydroxylation sites is 1. The zero-order valence-corrected chi connectivity index (χ0v) is 20.1. The van der Waals surface area contributed by atoms with Gasteiger partial charge < -0.3 is 4.74 Å². The Labute approximate surface area is 215 Å². The second-order valence-electron chi connectivity index (χ2n) is 9.68. The second-order valence-corrected chi connectivity index (χ2v) is 9.68. The minimum Gasteiger partial charge on any atom is -0.456 e. The fourth-order valence-electron chi connectivity index (χ4n) is 6.05. The van der Waals surface area contributed by atoms with Crippen LogP contribution in [-0.2, 0) is 0 Å². The van der Waals surface area contributed by atoms with Crippen LogP contribution < -0.4 is 4.74 Å². The molecule has 0 spiro atoms. The highest BCUT2D eigenvalue weighted by atomic mass is 16.5. The summed E-state index contributed by atoms with van der Waals surface area (Å²) in [5.74, 6) is 1.83. The summed E-state index contributed by atoms with van der Waals surface area (Å²) in [6, 6.07) is 47.8. The van der Waals surface area contributed by atoms with Gasteiger partial charge in [-0.3, -0.25) is 0 Å². The minimum atomic E-state index is 0.915. The third kappa shape index (κ3) is 2.98. The zero-order chi connectivity index (χ0) is 24.3. The fraction of sp³-hybridized carbons (Fsp3) is 0. The van der Waals surface area contributed by atoms with E-state index in [-0.39, 0.29) is 0 Å². The van der Waals surface area contributed by atoms with Crippen molar-refractivity contribution in [1.82, 2.24) is 0 Å². The molecule has 0 saturated heterocycles. The molecule has 7 aromatic rings. The van der Waals surface area contributed by atoms with Crippen LogP contribution in [0.4, 0.5) is 0 Å². The van der Waals surface area contributed by atoms with Crippen LogP contribution in [-0.4, -0.2) is 0 Å². The zero-order valence-electron chi connectivity index (χ0n) is 20.1. The summed E-state index contributed by atoms with van der Waals surface area (Å²) < 4.78 is 6.38. The highest BCUT2D eigenvalue weighted by molar-refractivity contribution is 6.21. The van der Waals surface area contributed by atoms with Gasteiger partial charge in [-0.1, -0.05) is 115 Å². The molecule has 0 atom stereocenters. The average molecular weight is 471 g/mol. The van der Waals surface area contributed by atoms with Crippen LogP contribution in [0.5, 0.6) is 11.5 Å². The Kier molecular flexibility index (Phi) is 4.29. The van der Waals surface area contributed by atoms with Gasteiger partial charge in [-0.15, -0.1) is 0 Å². The van der Waals surface area contributed by atoms with Crippen molar-refractivity contribution in [2.75, 3.05) is 0 Å². The first-order valence-electron chi connectivity index (χ1n) is 12.7. The largest absolute Gasteiger partial charge is 0.456 e. The van der Waals surface area contributed by atoms with Crippen molar-refractivity contribution in [3.05, 3.63) is 133 Å². The maximum Gasteiger partial charge on any atom is 0.135 e.